The molecule has 0 saturated carbocycles. The molecule has 0 rings (SSSR count). The predicted molar refractivity (Wildman–Crippen MR) is 71.8 cm³/mol. The van der Waals surface area contributed by atoms with Gasteiger partial charge in [0.1, 0.15) is 11.2 Å². The van der Waals surface area contributed by atoms with Gasteiger partial charge in [0, 0.05) is 14.2 Å². The molecule has 0 fully saturated rings. The maximum Gasteiger partial charge on any atom is 0.345 e. The summed E-state index contributed by atoms with van der Waals surface area (Å²) in [6.07, 6.45) is 1.13. The number of hydrogen-bond donors (Lipinski definition) is 0. The standard InChI is InChI=1S/C8H18Cl2O6P2/c1-13-17(11,7-9)15-5-3-4-6-16-18(12,8-10)14-2/h3-8H2,1-2H3/t17-,18-/m1/s1. The van der Waals surface area contributed by atoms with Gasteiger partial charge in [-0.05, 0) is 12.8 Å². The molecular formula is C8H18Cl2O6P2. The van der Waals surface area contributed by atoms with Crippen LogP contribution in [-0.4, -0.2) is 38.7 Å². The minimum absolute atomic E-state index is 0.189. The van der Waals surface area contributed by atoms with Crippen LogP contribution in [0.4, 0.5) is 0 Å². The molecule has 0 spiro atoms. The molecule has 0 aromatic carbocycles. The monoisotopic (exact) mass is 342 g/mol. The molecule has 0 amide bonds. The second-order valence-corrected chi connectivity index (χ2v) is 8.80. The Labute approximate surface area is 117 Å². The van der Waals surface area contributed by atoms with Gasteiger partial charge in [-0.25, -0.2) is 0 Å². The molecule has 2 atom stereocenters. The van der Waals surface area contributed by atoms with Gasteiger partial charge in [-0.2, -0.15) is 0 Å². The Kier molecular flexibility index (Phi) is 10.2. The Morgan fingerprint density at radius 1 is 0.833 bits per heavy atom. The van der Waals surface area contributed by atoms with Crippen molar-refractivity contribution in [2.24, 2.45) is 0 Å². The van der Waals surface area contributed by atoms with E-state index in [0.29, 0.717) is 12.8 Å². The van der Waals surface area contributed by atoms with E-state index in [9.17, 15) is 9.13 Å². The second kappa shape index (κ2) is 9.73. The molecule has 6 nitrogen and oxygen atoms in total. The van der Waals surface area contributed by atoms with E-state index < -0.39 is 15.2 Å². The zero-order chi connectivity index (χ0) is 14.1. The van der Waals surface area contributed by atoms with Crippen LogP contribution in [0.1, 0.15) is 12.8 Å². The van der Waals surface area contributed by atoms with Crippen molar-refractivity contribution in [3.63, 3.8) is 0 Å². The number of unbranched alkanes of at least 4 members (excludes halogenated alkanes) is 1. The molecule has 18 heavy (non-hydrogen) atoms. The van der Waals surface area contributed by atoms with Crippen LogP contribution in [0.5, 0.6) is 0 Å². The van der Waals surface area contributed by atoms with E-state index in [1.54, 1.807) is 0 Å². The molecule has 0 heterocycles. The summed E-state index contributed by atoms with van der Waals surface area (Å²) in [5.41, 5.74) is -0.379. The molecule has 0 N–H and O–H groups in total. The lowest BCUT2D eigenvalue weighted by Gasteiger charge is -2.14. The van der Waals surface area contributed by atoms with Crippen molar-refractivity contribution in [2.75, 3.05) is 38.7 Å². The molecule has 0 aromatic heterocycles. The van der Waals surface area contributed by atoms with Crippen LogP contribution in [-0.2, 0) is 27.2 Å². The average molecular weight is 343 g/mol. The lowest BCUT2D eigenvalue weighted by atomic mass is 10.3. The highest BCUT2D eigenvalue weighted by molar-refractivity contribution is 7.55. The highest BCUT2D eigenvalue weighted by Crippen LogP contribution is 2.49. The first-order valence-corrected chi connectivity index (χ1v) is 9.68. The normalized spacial score (nSPS) is 18.2. The first kappa shape index (κ1) is 18.9. The molecule has 0 saturated heterocycles. The molecule has 110 valence electrons. The molecule has 0 unspecified atom stereocenters. The molecule has 0 aromatic rings. The van der Waals surface area contributed by atoms with Crippen LogP contribution >= 0.6 is 38.4 Å². The van der Waals surface area contributed by atoms with Gasteiger partial charge in [0.15, 0.2) is 0 Å². The van der Waals surface area contributed by atoms with E-state index in [-0.39, 0.29) is 24.5 Å². The molecule has 0 aliphatic carbocycles. The van der Waals surface area contributed by atoms with Crippen molar-refractivity contribution in [1.82, 2.24) is 0 Å². The van der Waals surface area contributed by atoms with Crippen LogP contribution in [0.15, 0.2) is 0 Å². The molecule has 0 bridgehead atoms. The summed E-state index contributed by atoms with van der Waals surface area (Å²) >= 11 is 10.9. The summed E-state index contributed by atoms with van der Waals surface area (Å²) in [6.45, 7) is 0.443. The summed E-state index contributed by atoms with van der Waals surface area (Å²) in [5, 5.41) is 0. The number of hydrogen-bond acceptors (Lipinski definition) is 6. The van der Waals surface area contributed by atoms with Crippen molar-refractivity contribution in [3.05, 3.63) is 0 Å². The van der Waals surface area contributed by atoms with Gasteiger partial charge >= 0.3 is 15.2 Å². The Morgan fingerprint density at radius 2 is 1.17 bits per heavy atom. The summed E-state index contributed by atoms with van der Waals surface area (Å²) in [5.74, 6) is 0. The molecule has 0 aliphatic rings. The van der Waals surface area contributed by atoms with Crippen LogP contribution in [0, 0.1) is 0 Å². The first-order chi connectivity index (χ1) is 8.45. The lowest BCUT2D eigenvalue weighted by Crippen LogP contribution is -2.00. The summed E-state index contributed by atoms with van der Waals surface area (Å²) < 4.78 is 42.5. The number of halogens is 2. The van der Waals surface area contributed by atoms with E-state index in [1.165, 1.54) is 14.2 Å². The van der Waals surface area contributed by atoms with Crippen molar-refractivity contribution < 1.29 is 27.2 Å². The van der Waals surface area contributed by atoms with E-state index >= 15 is 0 Å². The fourth-order valence-corrected chi connectivity index (χ4v) is 3.24. The molecular weight excluding hydrogens is 325 g/mol. The van der Waals surface area contributed by atoms with Crippen molar-refractivity contribution in [1.29, 1.82) is 0 Å². The van der Waals surface area contributed by atoms with E-state index in [1.807, 2.05) is 0 Å². The Hall–Kier alpha value is 0.880. The fraction of sp³-hybridized carbons (Fsp3) is 1.00. The highest BCUT2D eigenvalue weighted by Gasteiger charge is 2.22. The van der Waals surface area contributed by atoms with E-state index in [0.717, 1.165) is 0 Å². The van der Waals surface area contributed by atoms with Gasteiger partial charge < -0.3 is 18.1 Å². The zero-order valence-electron chi connectivity index (χ0n) is 10.3. The second-order valence-electron chi connectivity index (χ2n) is 3.20. The fourth-order valence-electron chi connectivity index (χ4n) is 0.883. The third-order valence-electron chi connectivity index (χ3n) is 1.96. The van der Waals surface area contributed by atoms with Gasteiger partial charge in [0.25, 0.3) is 0 Å². The van der Waals surface area contributed by atoms with Gasteiger partial charge in [-0.3, -0.25) is 9.13 Å². The minimum Gasteiger partial charge on any atom is -0.311 e. The minimum atomic E-state index is -3.15. The third kappa shape index (κ3) is 7.46. The van der Waals surface area contributed by atoms with E-state index in [2.05, 4.69) is 9.05 Å². The summed E-state index contributed by atoms with van der Waals surface area (Å²) in [4.78, 5) is 0. The highest BCUT2D eigenvalue weighted by atomic mass is 35.5. The Balaban J connectivity index is 3.70. The Morgan fingerprint density at radius 3 is 1.39 bits per heavy atom. The zero-order valence-corrected chi connectivity index (χ0v) is 13.6. The van der Waals surface area contributed by atoms with Crippen molar-refractivity contribution in [2.45, 2.75) is 12.8 Å². The first-order valence-electron chi connectivity index (χ1n) is 5.16. The quantitative estimate of drug-likeness (QED) is 0.322. The molecule has 0 aliphatic heterocycles. The van der Waals surface area contributed by atoms with E-state index in [4.69, 9.17) is 32.2 Å². The van der Waals surface area contributed by atoms with Crippen LogP contribution in [0.2, 0.25) is 0 Å². The van der Waals surface area contributed by atoms with Gasteiger partial charge in [0.2, 0.25) is 0 Å². The van der Waals surface area contributed by atoms with Crippen LogP contribution < -0.4 is 0 Å². The average Bonchev–Trinajstić information content (AvgIpc) is 2.42. The van der Waals surface area contributed by atoms with Crippen LogP contribution in [0.25, 0.3) is 0 Å². The third-order valence-corrected chi connectivity index (χ3v) is 6.57. The molecule has 10 heteroatoms. The smallest absolute Gasteiger partial charge is 0.311 e. The SMILES string of the molecule is CO[P@](=O)(CCl)OCCCCO[P@@](=O)(CCl)OC. The maximum absolute atomic E-state index is 11.5. The van der Waals surface area contributed by atoms with Crippen molar-refractivity contribution >= 4 is 38.4 Å². The predicted octanol–water partition coefficient (Wildman–Crippen LogP) is 3.87. The topological polar surface area (TPSA) is 71.1 Å². The van der Waals surface area contributed by atoms with Crippen molar-refractivity contribution in [3.8, 4) is 0 Å². The number of alkyl halides is 2. The maximum atomic E-state index is 11.5. The lowest BCUT2D eigenvalue weighted by molar-refractivity contribution is 0.208. The van der Waals surface area contributed by atoms with Gasteiger partial charge in [-0.1, -0.05) is 0 Å². The Bertz CT molecular complexity index is 268. The summed E-state index contributed by atoms with van der Waals surface area (Å²) in [6, 6.07) is 0. The van der Waals surface area contributed by atoms with Gasteiger partial charge in [0.05, 0.1) is 13.2 Å². The van der Waals surface area contributed by atoms with Crippen LogP contribution in [0.3, 0.4) is 0 Å². The van der Waals surface area contributed by atoms with Gasteiger partial charge in [-0.15, -0.1) is 23.2 Å². The largest absolute Gasteiger partial charge is 0.345 e. The summed E-state index contributed by atoms with van der Waals surface area (Å²) in [7, 11) is -3.74. The molecule has 0 radical (unpaired) electrons. The number of rotatable bonds is 11.